The van der Waals surface area contributed by atoms with E-state index in [4.69, 9.17) is 0 Å². The average Bonchev–Trinajstić information content (AvgIpc) is 2.67. The van der Waals surface area contributed by atoms with Crippen molar-refractivity contribution in [3.8, 4) is 0 Å². The monoisotopic (exact) mass is 325 g/mol. The summed E-state index contributed by atoms with van der Waals surface area (Å²) in [6, 6.07) is 7.39. The Hall–Kier alpha value is -2.96. The molecule has 0 spiro atoms. The topological polar surface area (TPSA) is 78.4 Å². The number of nitrogens with zero attached hydrogens (tertiary/aromatic N) is 4. The van der Waals surface area contributed by atoms with Crippen molar-refractivity contribution in [1.82, 2.24) is 20.2 Å². The van der Waals surface area contributed by atoms with Crippen LogP contribution < -0.4 is 10.2 Å². The first-order chi connectivity index (χ1) is 11.8. The third-order valence-electron chi connectivity index (χ3n) is 4.01. The Balaban J connectivity index is 1.62. The van der Waals surface area contributed by atoms with E-state index in [-0.39, 0.29) is 5.91 Å². The highest BCUT2D eigenvalue weighted by molar-refractivity contribution is 5.93. The lowest BCUT2D eigenvalue weighted by molar-refractivity contribution is -0.118. The number of hydrogen-bond donors (Lipinski definition) is 1. The van der Waals surface area contributed by atoms with Gasteiger partial charge in [0.15, 0.2) is 0 Å². The number of carbonyl (C=O) groups is 2. The molecule has 1 saturated heterocycles. The third-order valence-corrected chi connectivity index (χ3v) is 4.01. The Bertz CT molecular complexity index is 699. The van der Waals surface area contributed by atoms with Crippen molar-refractivity contribution >= 4 is 18.0 Å². The van der Waals surface area contributed by atoms with Gasteiger partial charge in [-0.25, -0.2) is 0 Å². The Morgan fingerprint density at radius 2 is 1.88 bits per heavy atom. The van der Waals surface area contributed by atoms with E-state index >= 15 is 0 Å². The van der Waals surface area contributed by atoms with Gasteiger partial charge in [0.1, 0.15) is 5.69 Å². The van der Waals surface area contributed by atoms with Gasteiger partial charge in [0.05, 0.1) is 0 Å². The number of nitrogens with one attached hydrogen (secondary N) is 1. The average molecular weight is 325 g/mol. The van der Waals surface area contributed by atoms with Crippen LogP contribution in [0.15, 0.2) is 42.9 Å². The number of aromatic nitrogens is 2. The van der Waals surface area contributed by atoms with E-state index in [1.807, 2.05) is 18.2 Å². The first-order valence-electron chi connectivity index (χ1n) is 7.84. The molecule has 24 heavy (non-hydrogen) atoms. The molecule has 3 rings (SSSR count). The lowest BCUT2D eigenvalue weighted by Gasteiger charge is -2.34. The quantitative estimate of drug-likeness (QED) is 0.818. The van der Waals surface area contributed by atoms with Gasteiger partial charge >= 0.3 is 0 Å². The number of pyridine rings is 2. The summed E-state index contributed by atoms with van der Waals surface area (Å²) in [4.78, 5) is 35.1. The molecule has 2 amide bonds. The first-order valence-corrected chi connectivity index (χ1v) is 7.84. The molecule has 124 valence electrons. The van der Waals surface area contributed by atoms with Crippen molar-refractivity contribution in [1.29, 1.82) is 0 Å². The van der Waals surface area contributed by atoms with E-state index in [2.05, 4.69) is 20.2 Å². The highest BCUT2D eigenvalue weighted by atomic mass is 16.2. The fourth-order valence-corrected chi connectivity index (χ4v) is 2.60. The standard InChI is InChI=1S/C17H19N5O2/c23-13-21-7-9-22(10-8-21)15-3-6-19-16(11-15)17(24)20-12-14-1-4-18-5-2-14/h1-6,11,13H,7-10,12H2,(H,20,24). The molecule has 0 saturated carbocycles. The molecule has 1 aliphatic rings. The van der Waals surface area contributed by atoms with Crippen LogP contribution in [-0.4, -0.2) is 53.4 Å². The molecule has 1 fully saturated rings. The van der Waals surface area contributed by atoms with Crippen LogP contribution >= 0.6 is 0 Å². The summed E-state index contributed by atoms with van der Waals surface area (Å²) in [5, 5.41) is 2.86. The van der Waals surface area contributed by atoms with Gasteiger partial charge < -0.3 is 15.1 Å². The smallest absolute Gasteiger partial charge is 0.270 e. The van der Waals surface area contributed by atoms with Gasteiger partial charge in [-0.15, -0.1) is 0 Å². The maximum absolute atomic E-state index is 12.3. The second kappa shape index (κ2) is 7.54. The molecule has 3 heterocycles. The summed E-state index contributed by atoms with van der Waals surface area (Å²) < 4.78 is 0. The molecule has 0 bridgehead atoms. The molecule has 0 radical (unpaired) electrons. The zero-order valence-corrected chi connectivity index (χ0v) is 13.3. The fourth-order valence-electron chi connectivity index (χ4n) is 2.60. The van der Waals surface area contributed by atoms with Crippen molar-refractivity contribution in [2.45, 2.75) is 6.54 Å². The van der Waals surface area contributed by atoms with Crippen molar-refractivity contribution in [3.05, 3.63) is 54.1 Å². The normalized spacial score (nSPS) is 14.3. The molecule has 0 aliphatic carbocycles. The van der Waals surface area contributed by atoms with Crippen molar-refractivity contribution in [3.63, 3.8) is 0 Å². The van der Waals surface area contributed by atoms with Crippen LogP contribution in [0.1, 0.15) is 16.1 Å². The second-order valence-electron chi connectivity index (χ2n) is 5.57. The van der Waals surface area contributed by atoms with E-state index in [1.165, 1.54) is 0 Å². The lowest BCUT2D eigenvalue weighted by Crippen LogP contribution is -2.45. The van der Waals surface area contributed by atoms with Crippen molar-refractivity contribution in [2.24, 2.45) is 0 Å². The van der Waals surface area contributed by atoms with Gasteiger partial charge in [-0.2, -0.15) is 0 Å². The van der Waals surface area contributed by atoms with E-state index in [0.717, 1.165) is 30.8 Å². The Kier molecular flexibility index (Phi) is 5.00. The van der Waals surface area contributed by atoms with E-state index in [0.29, 0.717) is 25.3 Å². The minimum absolute atomic E-state index is 0.208. The van der Waals surface area contributed by atoms with Gasteiger partial charge in [-0.3, -0.25) is 19.6 Å². The van der Waals surface area contributed by atoms with Gasteiger partial charge in [0.2, 0.25) is 6.41 Å². The molecule has 7 nitrogen and oxygen atoms in total. The summed E-state index contributed by atoms with van der Waals surface area (Å²) in [6.07, 6.45) is 5.91. The van der Waals surface area contributed by atoms with Crippen LogP contribution in [-0.2, 0) is 11.3 Å². The molecular formula is C17H19N5O2. The molecule has 7 heteroatoms. The SMILES string of the molecule is O=CN1CCN(c2ccnc(C(=O)NCc3ccncc3)c2)CC1. The summed E-state index contributed by atoms with van der Waals surface area (Å²) in [5.74, 6) is -0.208. The van der Waals surface area contributed by atoms with E-state index < -0.39 is 0 Å². The van der Waals surface area contributed by atoms with E-state index in [1.54, 1.807) is 29.6 Å². The minimum Gasteiger partial charge on any atom is -0.368 e. The molecule has 1 N–H and O–H groups in total. The molecule has 0 aromatic carbocycles. The van der Waals surface area contributed by atoms with Gasteiger partial charge in [-0.1, -0.05) is 0 Å². The van der Waals surface area contributed by atoms with Crippen molar-refractivity contribution < 1.29 is 9.59 Å². The summed E-state index contributed by atoms with van der Waals surface area (Å²) in [7, 11) is 0. The van der Waals surface area contributed by atoms with Crippen molar-refractivity contribution in [2.75, 3.05) is 31.1 Å². The molecule has 0 unspecified atom stereocenters. The molecular weight excluding hydrogens is 306 g/mol. The molecule has 2 aromatic heterocycles. The highest BCUT2D eigenvalue weighted by Gasteiger charge is 2.17. The largest absolute Gasteiger partial charge is 0.368 e. The number of piperazine rings is 1. The number of anilines is 1. The second-order valence-corrected chi connectivity index (χ2v) is 5.57. The Labute approximate surface area is 140 Å². The number of rotatable bonds is 5. The summed E-state index contributed by atoms with van der Waals surface area (Å²) >= 11 is 0. The maximum atomic E-state index is 12.3. The molecule has 2 aromatic rings. The highest BCUT2D eigenvalue weighted by Crippen LogP contribution is 2.16. The van der Waals surface area contributed by atoms with Crippen LogP contribution in [0.5, 0.6) is 0 Å². The van der Waals surface area contributed by atoms with Gasteiger partial charge in [-0.05, 0) is 29.8 Å². The Morgan fingerprint density at radius 1 is 1.12 bits per heavy atom. The number of amides is 2. The predicted octanol–water partition coefficient (Wildman–Crippen LogP) is 0.685. The summed E-state index contributed by atoms with van der Waals surface area (Å²) in [5.41, 5.74) is 2.32. The number of carbonyl (C=O) groups excluding carboxylic acids is 2. The zero-order chi connectivity index (χ0) is 16.8. The lowest BCUT2D eigenvalue weighted by atomic mass is 10.2. The first kappa shape index (κ1) is 15.9. The van der Waals surface area contributed by atoms with Crippen LogP contribution in [0.2, 0.25) is 0 Å². The predicted molar refractivity (Wildman–Crippen MR) is 89.5 cm³/mol. The molecule has 1 aliphatic heterocycles. The van der Waals surface area contributed by atoms with Gasteiger partial charge in [0, 0.05) is 57.0 Å². The summed E-state index contributed by atoms with van der Waals surface area (Å²) in [6.45, 7) is 3.32. The van der Waals surface area contributed by atoms with Crippen LogP contribution in [0, 0.1) is 0 Å². The van der Waals surface area contributed by atoms with Crippen LogP contribution in [0.3, 0.4) is 0 Å². The zero-order valence-electron chi connectivity index (χ0n) is 13.3. The number of hydrogen-bond acceptors (Lipinski definition) is 5. The Morgan fingerprint density at radius 3 is 2.58 bits per heavy atom. The van der Waals surface area contributed by atoms with E-state index in [9.17, 15) is 9.59 Å². The van der Waals surface area contributed by atoms with Crippen LogP contribution in [0.4, 0.5) is 5.69 Å². The minimum atomic E-state index is -0.208. The van der Waals surface area contributed by atoms with Crippen LogP contribution in [0.25, 0.3) is 0 Å². The fraction of sp³-hybridized carbons (Fsp3) is 0.294. The van der Waals surface area contributed by atoms with Gasteiger partial charge in [0.25, 0.3) is 5.91 Å². The molecule has 0 atom stereocenters. The maximum Gasteiger partial charge on any atom is 0.270 e. The third kappa shape index (κ3) is 3.87.